The first-order valence-corrected chi connectivity index (χ1v) is 10.00. The molecule has 3 aromatic rings. The van der Waals surface area contributed by atoms with E-state index in [9.17, 15) is 18.0 Å². The first-order chi connectivity index (χ1) is 13.1. The molecule has 0 saturated heterocycles. The van der Waals surface area contributed by atoms with Crippen molar-refractivity contribution in [1.29, 1.82) is 0 Å². The molecule has 28 heavy (non-hydrogen) atoms. The lowest BCUT2D eigenvalue weighted by molar-refractivity contribution is 0.0939. The van der Waals surface area contributed by atoms with Crippen LogP contribution in [-0.4, -0.2) is 33.7 Å². The second-order valence-corrected chi connectivity index (χ2v) is 8.20. The zero-order chi connectivity index (χ0) is 20.6. The van der Waals surface area contributed by atoms with Crippen LogP contribution in [0.25, 0.3) is 10.8 Å². The molecule has 0 spiro atoms. The Bertz CT molecular complexity index is 1230. The lowest BCUT2D eigenvalue weighted by Crippen LogP contribution is -2.43. The number of nitrogens with one attached hydrogen (secondary N) is 2. The summed E-state index contributed by atoms with van der Waals surface area (Å²) in [5.41, 5.74) is 1.65. The zero-order valence-corrected chi connectivity index (χ0v) is 16.7. The predicted molar refractivity (Wildman–Crippen MR) is 102 cm³/mol. The van der Waals surface area contributed by atoms with Crippen molar-refractivity contribution < 1.29 is 13.2 Å². The zero-order valence-electron chi connectivity index (χ0n) is 15.2. The standard InChI is InChI=1S/C16H17ClN6O4S/c1-9(2)23-16(25)11-7-5-4-6-10(11)12(20-23)14(24)19-21-28(26,27)15-13(17)22(3)8-18-15/h4-9,21H,1-3H3,(H,19,24). The third-order valence-electron chi connectivity index (χ3n) is 3.92. The van der Waals surface area contributed by atoms with Crippen LogP contribution in [0.15, 0.2) is 40.4 Å². The van der Waals surface area contributed by atoms with Gasteiger partial charge < -0.3 is 4.57 Å². The van der Waals surface area contributed by atoms with Crippen LogP contribution in [0.1, 0.15) is 30.4 Å². The van der Waals surface area contributed by atoms with Crippen LogP contribution < -0.4 is 15.8 Å². The van der Waals surface area contributed by atoms with E-state index in [2.05, 4.69) is 15.5 Å². The molecule has 0 radical (unpaired) electrons. The van der Waals surface area contributed by atoms with Gasteiger partial charge in [-0.1, -0.05) is 29.8 Å². The second-order valence-electron chi connectivity index (χ2n) is 6.25. The van der Waals surface area contributed by atoms with Crippen LogP contribution in [-0.2, 0) is 17.1 Å². The number of aryl methyl sites for hydroxylation is 1. The number of hydrogen-bond donors (Lipinski definition) is 2. The molecule has 0 fully saturated rings. The molecule has 0 aliphatic heterocycles. The molecule has 0 unspecified atom stereocenters. The van der Waals surface area contributed by atoms with Gasteiger partial charge in [0.1, 0.15) is 5.15 Å². The number of sulfonamides is 1. The number of fused-ring (bicyclic) bond motifs is 1. The van der Waals surface area contributed by atoms with Gasteiger partial charge in [0, 0.05) is 12.4 Å². The fourth-order valence-electron chi connectivity index (χ4n) is 2.52. The highest BCUT2D eigenvalue weighted by atomic mass is 35.5. The molecular weight excluding hydrogens is 408 g/mol. The molecule has 12 heteroatoms. The first-order valence-electron chi connectivity index (χ1n) is 8.14. The number of rotatable bonds is 5. The highest BCUT2D eigenvalue weighted by Crippen LogP contribution is 2.18. The minimum atomic E-state index is -4.20. The van der Waals surface area contributed by atoms with Crippen molar-refractivity contribution in [3.8, 4) is 0 Å². The van der Waals surface area contributed by atoms with E-state index in [1.54, 1.807) is 38.1 Å². The van der Waals surface area contributed by atoms with E-state index >= 15 is 0 Å². The Balaban J connectivity index is 1.97. The summed E-state index contributed by atoms with van der Waals surface area (Å²) in [5.74, 6) is -0.832. The molecule has 0 bridgehead atoms. The SMILES string of the molecule is CC(C)n1nc(C(=O)NNS(=O)(=O)c2ncn(C)c2Cl)c2ccccc2c1=O. The van der Waals surface area contributed by atoms with Gasteiger partial charge in [-0.05, 0) is 19.9 Å². The van der Waals surface area contributed by atoms with Crippen molar-refractivity contribution in [1.82, 2.24) is 29.6 Å². The molecule has 148 valence electrons. The van der Waals surface area contributed by atoms with Gasteiger partial charge >= 0.3 is 0 Å². The lowest BCUT2D eigenvalue weighted by atomic mass is 10.1. The fraction of sp³-hybridized carbons (Fsp3) is 0.250. The van der Waals surface area contributed by atoms with Crippen LogP contribution in [0.3, 0.4) is 0 Å². The number of hydrazine groups is 1. The van der Waals surface area contributed by atoms with Crippen LogP contribution in [0.2, 0.25) is 5.15 Å². The number of hydrogen-bond acceptors (Lipinski definition) is 6. The summed E-state index contributed by atoms with van der Waals surface area (Å²) in [6, 6.07) is 6.16. The van der Waals surface area contributed by atoms with Crippen molar-refractivity contribution in [2.45, 2.75) is 24.9 Å². The largest absolute Gasteiger partial charge is 0.324 e. The molecule has 0 aliphatic carbocycles. The highest BCUT2D eigenvalue weighted by molar-refractivity contribution is 7.89. The maximum atomic E-state index is 12.6. The average molecular weight is 425 g/mol. The van der Waals surface area contributed by atoms with Crippen LogP contribution in [0.4, 0.5) is 0 Å². The molecule has 1 amide bonds. The summed E-state index contributed by atoms with van der Waals surface area (Å²) >= 11 is 5.89. The Morgan fingerprint density at radius 1 is 1.21 bits per heavy atom. The molecule has 10 nitrogen and oxygen atoms in total. The van der Waals surface area contributed by atoms with Gasteiger partial charge in [0.25, 0.3) is 21.5 Å². The van der Waals surface area contributed by atoms with Crippen molar-refractivity contribution in [3.05, 3.63) is 51.8 Å². The summed E-state index contributed by atoms with van der Waals surface area (Å²) in [7, 11) is -2.68. The molecule has 0 atom stereocenters. The number of aromatic nitrogens is 4. The van der Waals surface area contributed by atoms with Crippen molar-refractivity contribution in [2.75, 3.05) is 0 Å². The quantitative estimate of drug-likeness (QED) is 0.588. The van der Waals surface area contributed by atoms with E-state index in [-0.39, 0.29) is 22.4 Å². The van der Waals surface area contributed by atoms with Crippen LogP contribution in [0, 0.1) is 0 Å². The van der Waals surface area contributed by atoms with Crippen molar-refractivity contribution >= 4 is 38.3 Å². The molecule has 0 saturated carbocycles. The van der Waals surface area contributed by atoms with Crippen molar-refractivity contribution in [3.63, 3.8) is 0 Å². The molecule has 3 rings (SSSR count). The average Bonchev–Trinajstić information content (AvgIpc) is 2.99. The summed E-state index contributed by atoms with van der Waals surface area (Å²) in [6.45, 7) is 3.49. The Hall–Kier alpha value is -2.76. The van der Waals surface area contributed by atoms with E-state index in [1.165, 1.54) is 22.6 Å². The smallest absolute Gasteiger partial charge is 0.287 e. The molecule has 2 aromatic heterocycles. The summed E-state index contributed by atoms with van der Waals surface area (Å²) in [5, 5.41) is 4.17. The monoisotopic (exact) mass is 424 g/mol. The van der Waals surface area contributed by atoms with Gasteiger partial charge in [-0.2, -0.15) is 5.10 Å². The Morgan fingerprint density at radius 3 is 2.43 bits per heavy atom. The molecule has 2 N–H and O–H groups in total. The predicted octanol–water partition coefficient (Wildman–Crippen LogP) is 0.988. The number of halogens is 1. The minimum Gasteiger partial charge on any atom is -0.324 e. The summed E-state index contributed by atoms with van der Waals surface area (Å²) in [6.07, 6.45) is 1.23. The highest BCUT2D eigenvalue weighted by Gasteiger charge is 2.24. The number of amides is 1. The molecule has 1 aromatic carbocycles. The molecular formula is C16H17ClN6O4S. The van der Waals surface area contributed by atoms with Gasteiger partial charge in [-0.15, -0.1) is 4.83 Å². The van der Waals surface area contributed by atoms with Crippen LogP contribution in [0.5, 0.6) is 0 Å². The van der Waals surface area contributed by atoms with E-state index in [4.69, 9.17) is 11.6 Å². The summed E-state index contributed by atoms with van der Waals surface area (Å²) in [4.78, 5) is 30.8. The fourth-order valence-corrected chi connectivity index (χ4v) is 3.79. The molecule has 2 heterocycles. The normalized spacial score (nSPS) is 11.9. The Kier molecular flexibility index (Phi) is 5.24. The topological polar surface area (TPSA) is 128 Å². The van der Waals surface area contributed by atoms with Gasteiger partial charge in [-0.25, -0.2) is 18.1 Å². The van der Waals surface area contributed by atoms with Gasteiger partial charge in [0.15, 0.2) is 5.69 Å². The van der Waals surface area contributed by atoms with Crippen molar-refractivity contribution in [2.24, 2.45) is 7.05 Å². The van der Waals surface area contributed by atoms with E-state index in [1.807, 2.05) is 4.83 Å². The maximum Gasteiger partial charge on any atom is 0.287 e. The number of carbonyl (C=O) groups excluding carboxylic acids is 1. The van der Waals surface area contributed by atoms with E-state index in [0.29, 0.717) is 10.8 Å². The second kappa shape index (κ2) is 7.34. The number of carbonyl (C=O) groups is 1. The Morgan fingerprint density at radius 2 is 1.86 bits per heavy atom. The van der Waals surface area contributed by atoms with Gasteiger partial charge in [0.2, 0.25) is 5.03 Å². The molecule has 0 aliphatic rings. The Labute approximate surface area is 165 Å². The third kappa shape index (κ3) is 3.51. The summed E-state index contributed by atoms with van der Waals surface area (Å²) < 4.78 is 27.1. The van der Waals surface area contributed by atoms with Gasteiger partial charge in [0.05, 0.1) is 17.8 Å². The van der Waals surface area contributed by atoms with Gasteiger partial charge in [-0.3, -0.25) is 15.0 Å². The number of nitrogens with zero attached hydrogens (tertiary/aromatic N) is 4. The maximum absolute atomic E-state index is 12.6. The number of imidazole rings is 1. The van der Waals surface area contributed by atoms with E-state index in [0.717, 1.165) is 0 Å². The van der Waals surface area contributed by atoms with Crippen LogP contribution >= 0.6 is 11.6 Å². The van der Waals surface area contributed by atoms with E-state index < -0.39 is 21.0 Å². The first kappa shape index (κ1) is 20.0. The number of benzene rings is 1. The lowest BCUT2D eigenvalue weighted by Gasteiger charge is -2.13. The third-order valence-corrected chi connectivity index (χ3v) is 5.66. The minimum absolute atomic E-state index is 0.0984.